The van der Waals surface area contributed by atoms with Crippen LogP contribution in [0.3, 0.4) is 0 Å². The first-order chi connectivity index (χ1) is 8.16. The highest BCUT2D eigenvalue weighted by molar-refractivity contribution is 5.86. The molecule has 2 aliphatic carbocycles. The predicted molar refractivity (Wildman–Crippen MR) is 68.9 cm³/mol. The number of benzene rings is 1. The Labute approximate surface area is 103 Å². The van der Waals surface area contributed by atoms with Gasteiger partial charge in [-0.05, 0) is 55.2 Å². The summed E-state index contributed by atoms with van der Waals surface area (Å²) >= 11 is 0. The van der Waals surface area contributed by atoms with Gasteiger partial charge in [0.2, 0.25) is 0 Å². The Morgan fingerprint density at radius 2 is 1.88 bits per heavy atom. The number of carbonyl (C=O) groups is 1. The molecule has 2 aliphatic rings. The predicted octanol–water partition coefficient (Wildman–Crippen LogP) is 3.46. The average molecular weight is 228 g/mol. The molecule has 90 valence electrons. The zero-order chi connectivity index (χ0) is 12.0. The molecule has 0 aromatic heterocycles. The summed E-state index contributed by atoms with van der Waals surface area (Å²) in [7, 11) is 0. The van der Waals surface area contributed by atoms with Crippen molar-refractivity contribution in [3.05, 3.63) is 34.9 Å². The third-order valence-electron chi connectivity index (χ3n) is 4.73. The van der Waals surface area contributed by atoms with Gasteiger partial charge in [0.05, 0.1) is 0 Å². The topological polar surface area (TPSA) is 17.1 Å². The maximum Gasteiger partial charge on any atom is 0.140 e. The molecule has 0 radical (unpaired) electrons. The minimum atomic E-state index is 0.422. The van der Waals surface area contributed by atoms with E-state index in [0.717, 1.165) is 11.8 Å². The molecule has 1 aromatic rings. The molecule has 0 spiro atoms. The van der Waals surface area contributed by atoms with E-state index in [2.05, 4.69) is 32.0 Å². The van der Waals surface area contributed by atoms with E-state index in [1.165, 1.54) is 36.0 Å². The van der Waals surface area contributed by atoms with E-state index < -0.39 is 0 Å². The molecule has 2 fully saturated rings. The number of fused-ring (bicyclic) bond motifs is 1. The quantitative estimate of drug-likeness (QED) is 0.774. The van der Waals surface area contributed by atoms with Crippen LogP contribution in [0, 0.1) is 31.6 Å². The summed E-state index contributed by atoms with van der Waals surface area (Å²) in [6, 6.07) is 6.41. The second-order valence-electron chi connectivity index (χ2n) is 5.85. The summed E-state index contributed by atoms with van der Waals surface area (Å²) in [5.41, 5.74) is 3.80. The first kappa shape index (κ1) is 11.0. The fourth-order valence-electron chi connectivity index (χ4n) is 3.53. The van der Waals surface area contributed by atoms with Crippen molar-refractivity contribution in [2.75, 3.05) is 0 Å². The Balaban J connectivity index is 1.67. The molecule has 1 nitrogen and oxygen atoms in total. The minimum Gasteiger partial charge on any atom is -0.299 e. The Morgan fingerprint density at radius 3 is 2.53 bits per heavy atom. The van der Waals surface area contributed by atoms with Crippen LogP contribution >= 0.6 is 0 Å². The molecule has 17 heavy (non-hydrogen) atoms. The summed E-state index contributed by atoms with van der Waals surface area (Å²) < 4.78 is 0. The minimum absolute atomic E-state index is 0.422. The SMILES string of the molecule is Cc1ccc(CC(=O)C2C3CCCC32)cc1C. The standard InChI is InChI=1S/C16H20O/c1-10-6-7-12(8-11(10)2)9-15(17)16-13-4-3-5-14(13)16/h6-8,13-14,16H,3-5,9H2,1-2H3. The molecular formula is C16H20O. The summed E-state index contributed by atoms with van der Waals surface area (Å²) in [5, 5.41) is 0. The van der Waals surface area contributed by atoms with E-state index in [1.807, 2.05) is 0 Å². The van der Waals surface area contributed by atoms with E-state index >= 15 is 0 Å². The lowest BCUT2D eigenvalue weighted by Crippen LogP contribution is -2.09. The van der Waals surface area contributed by atoms with Crippen molar-refractivity contribution < 1.29 is 4.79 Å². The van der Waals surface area contributed by atoms with E-state index in [1.54, 1.807) is 0 Å². The molecule has 2 unspecified atom stereocenters. The summed E-state index contributed by atoms with van der Waals surface area (Å²) in [4.78, 5) is 12.2. The van der Waals surface area contributed by atoms with Crippen molar-refractivity contribution in [3.8, 4) is 0 Å². The van der Waals surface area contributed by atoms with E-state index in [-0.39, 0.29) is 0 Å². The number of hydrogen-bond acceptors (Lipinski definition) is 1. The number of rotatable bonds is 3. The largest absolute Gasteiger partial charge is 0.299 e. The van der Waals surface area contributed by atoms with Gasteiger partial charge in [-0.2, -0.15) is 0 Å². The Hall–Kier alpha value is -1.11. The van der Waals surface area contributed by atoms with Crippen LogP contribution in [0.4, 0.5) is 0 Å². The van der Waals surface area contributed by atoms with Gasteiger partial charge in [-0.3, -0.25) is 4.79 Å². The third-order valence-corrected chi connectivity index (χ3v) is 4.73. The van der Waals surface area contributed by atoms with Gasteiger partial charge in [0.15, 0.2) is 0 Å². The first-order valence-corrected chi connectivity index (χ1v) is 6.75. The number of Topliss-reactive ketones (excluding diaryl/α,β-unsaturated/α-hetero) is 1. The van der Waals surface area contributed by atoms with Gasteiger partial charge in [0, 0.05) is 12.3 Å². The van der Waals surface area contributed by atoms with Gasteiger partial charge in [-0.15, -0.1) is 0 Å². The molecule has 2 atom stereocenters. The van der Waals surface area contributed by atoms with Crippen LogP contribution in [0.2, 0.25) is 0 Å². The molecular weight excluding hydrogens is 208 g/mol. The number of hydrogen-bond donors (Lipinski definition) is 0. The zero-order valence-corrected chi connectivity index (χ0v) is 10.7. The lowest BCUT2D eigenvalue weighted by molar-refractivity contribution is -0.120. The number of ketones is 1. The molecule has 0 aliphatic heterocycles. The lowest BCUT2D eigenvalue weighted by Gasteiger charge is -2.06. The van der Waals surface area contributed by atoms with Crippen LogP contribution in [0.25, 0.3) is 0 Å². The highest BCUT2D eigenvalue weighted by Crippen LogP contribution is 2.58. The van der Waals surface area contributed by atoms with E-state index in [4.69, 9.17) is 0 Å². The maximum atomic E-state index is 12.2. The molecule has 1 aromatic carbocycles. The normalized spacial score (nSPS) is 30.1. The lowest BCUT2D eigenvalue weighted by atomic mass is 9.98. The first-order valence-electron chi connectivity index (χ1n) is 6.75. The van der Waals surface area contributed by atoms with Crippen molar-refractivity contribution in [2.45, 2.75) is 39.5 Å². The van der Waals surface area contributed by atoms with Crippen molar-refractivity contribution in [3.63, 3.8) is 0 Å². The van der Waals surface area contributed by atoms with Crippen LogP contribution in [0.1, 0.15) is 36.0 Å². The summed E-state index contributed by atoms with van der Waals surface area (Å²) in [6.45, 7) is 4.24. The smallest absolute Gasteiger partial charge is 0.140 e. The Kier molecular flexibility index (Phi) is 2.57. The van der Waals surface area contributed by atoms with Gasteiger partial charge in [-0.25, -0.2) is 0 Å². The van der Waals surface area contributed by atoms with Crippen LogP contribution in [-0.4, -0.2) is 5.78 Å². The second-order valence-corrected chi connectivity index (χ2v) is 5.85. The van der Waals surface area contributed by atoms with Gasteiger partial charge in [0.25, 0.3) is 0 Å². The van der Waals surface area contributed by atoms with Crippen molar-refractivity contribution in [1.82, 2.24) is 0 Å². The van der Waals surface area contributed by atoms with Gasteiger partial charge in [-0.1, -0.05) is 24.6 Å². The van der Waals surface area contributed by atoms with E-state index in [0.29, 0.717) is 18.1 Å². The van der Waals surface area contributed by atoms with Crippen molar-refractivity contribution >= 4 is 5.78 Å². The number of carbonyl (C=O) groups excluding carboxylic acids is 1. The second kappa shape index (κ2) is 3.97. The van der Waals surface area contributed by atoms with Crippen molar-refractivity contribution in [2.24, 2.45) is 17.8 Å². The molecule has 1 heteroatoms. The van der Waals surface area contributed by atoms with Crippen LogP contribution in [0.15, 0.2) is 18.2 Å². The molecule has 0 saturated heterocycles. The van der Waals surface area contributed by atoms with Crippen LogP contribution < -0.4 is 0 Å². The van der Waals surface area contributed by atoms with Gasteiger partial charge < -0.3 is 0 Å². The molecule has 0 bridgehead atoms. The third kappa shape index (κ3) is 1.92. The maximum absolute atomic E-state index is 12.2. The van der Waals surface area contributed by atoms with Gasteiger partial charge in [0.1, 0.15) is 5.78 Å². The molecule has 3 rings (SSSR count). The summed E-state index contributed by atoms with van der Waals surface area (Å²) in [5.74, 6) is 2.43. The van der Waals surface area contributed by atoms with Crippen LogP contribution in [0.5, 0.6) is 0 Å². The highest BCUT2D eigenvalue weighted by atomic mass is 16.1. The molecule has 0 heterocycles. The van der Waals surface area contributed by atoms with E-state index in [9.17, 15) is 4.79 Å². The summed E-state index contributed by atoms with van der Waals surface area (Å²) in [6.07, 6.45) is 4.60. The molecule has 2 saturated carbocycles. The highest BCUT2D eigenvalue weighted by Gasteiger charge is 2.55. The van der Waals surface area contributed by atoms with Crippen molar-refractivity contribution in [1.29, 1.82) is 0 Å². The monoisotopic (exact) mass is 228 g/mol. The zero-order valence-electron chi connectivity index (χ0n) is 10.7. The Bertz CT molecular complexity index is 451. The molecule has 0 amide bonds. The van der Waals surface area contributed by atoms with Gasteiger partial charge >= 0.3 is 0 Å². The Morgan fingerprint density at radius 1 is 1.18 bits per heavy atom. The number of aryl methyl sites for hydroxylation is 2. The van der Waals surface area contributed by atoms with Crippen LogP contribution in [-0.2, 0) is 11.2 Å². The fraction of sp³-hybridized carbons (Fsp3) is 0.562. The molecule has 0 N–H and O–H groups in total. The average Bonchev–Trinajstić information content (AvgIpc) is 2.78. The fourth-order valence-corrected chi connectivity index (χ4v) is 3.53.